The predicted octanol–water partition coefficient (Wildman–Crippen LogP) is -1.000. The summed E-state index contributed by atoms with van der Waals surface area (Å²) in [5.74, 6) is -3.10. The average molecular weight is 505 g/mol. The lowest BCUT2D eigenvalue weighted by molar-refractivity contribution is -0.277. The van der Waals surface area contributed by atoms with E-state index >= 15 is 0 Å². The number of fused-ring (bicyclic) bond motifs is 3. The number of allylic oxidation sites excluding steroid dienone is 4. The Morgan fingerprint density at radius 1 is 1.17 bits per heavy atom. The maximum absolute atomic E-state index is 13.4. The van der Waals surface area contributed by atoms with Crippen LogP contribution in [0.3, 0.4) is 0 Å². The van der Waals surface area contributed by atoms with Crippen molar-refractivity contribution in [3.63, 3.8) is 0 Å². The van der Waals surface area contributed by atoms with Crippen LogP contribution in [0.15, 0.2) is 23.1 Å². The summed E-state index contributed by atoms with van der Waals surface area (Å²) < 4.78 is 16.9. The van der Waals surface area contributed by atoms with E-state index in [1.54, 1.807) is 0 Å². The van der Waals surface area contributed by atoms with Gasteiger partial charge in [-0.3, -0.25) is 14.4 Å². The van der Waals surface area contributed by atoms with Gasteiger partial charge in [0.15, 0.2) is 17.3 Å². The number of aliphatic hydroxyl groups is 4. The lowest BCUT2D eigenvalue weighted by Crippen LogP contribution is -2.60. The fourth-order valence-corrected chi connectivity index (χ4v) is 4.79. The number of rotatable bonds is 4. The fraction of sp³-hybridized carbons (Fsp3) is 0.458. The third-order valence-electron chi connectivity index (χ3n) is 6.84. The van der Waals surface area contributed by atoms with Gasteiger partial charge in [0.05, 0.1) is 17.7 Å². The number of phenolic OH excluding ortho intramolecular Hbond substituents is 1. The van der Waals surface area contributed by atoms with E-state index < -0.39 is 65.8 Å². The summed E-state index contributed by atoms with van der Waals surface area (Å²) in [5.41, 5.74) is 3.53. The highest BCUT2D eigenvalue weighted by atomic mass is 16.7. The number of hydrogen-bond acceptors (Lipinski definition) is 12. The van der Waals surface area contributed by atoms with Gasteiger partial charge in [-0.05, 0) is 27.7 Å². The van der Waals surface area contributed by atoms with Gasteiger partial charge in [-0.1, -0.05) is 0 Å². The molecule has 194 valence electrons. The van der Waals surface area contributed by atoms with Crippen molar-refractivity contribution in [2.24, 2.45) is 5.73 Å². The largest absolute Gasteiger partial charge is 0.507 e. The van der Waals surface area contributed by atoms with Crippen molar-refractivity contribution in [2.45, 2.75) is 63.8 Å². The van der Waals surface area contributed by atoms with E-state index in [0.717, 1.165) is 6.08 Å². The molecular weight excluding hydrogens is 478 g/mol. The minimum Gasteiger partial charge on any atom is -0.507 e. The molecule has 3 aliphatic rings. The minimum atomic E-state index is -1.79. The maximum atomic E-state index is 13.4. The van der Waals surface area contributed by atoms with Gasteiger partial charge in [0.2, 0.25) is 6.29 Å². The Morgan fingerprint density at radius 3 is 2.36 bits per heavy atom. The number of hydrogen-bond donors (Lipinski definition) is 6. The molecule has 1 aromatic rings. The zero-order valence-corrected chi connectivity index (χ0v) is 19.9. The van der Waals surface area contributed by atoms with Crippen LogP contribution in [0.4, 0.5) is 0 Å². The van der Waals surface area contributed by atoms with E-state index in [-0.39, 0.29) is 45.2 Å². The lowest BCUT2D eigenvalue weighted by atomic mass is 9.70. The van der Waals surface area contributed by atoms with Crippen LogP contribution in [0.25, 0.3) is 0 Å². The van der Waals surface area contributed by atoms with Gasteiger partial charge in [0.1, 0.15) is 58.4 Å². The number of ether oxygens (including phenoxy) is 3. The molecule has 0 saturated carbocycles. The van der Waals surface area contributed by atoms with E-state index in [1.807, 2.05) is 0 Å². The number of ketones is 3. The van der Waals surface area contributed by atoms with Crippen LogP contribution in [-0.2, 0) is 19.7 Å². The zero-order valence-electron chi connectivity index (χ0n) is 19.9. The molecule has 1 unspecified atom stereocenters. The van der Waals surface area contributed by atoms with Crippen LogP contribution in [0.2, 0.25) is 0 Å². The number of phenols is 1. The van der Waals surface area contributed by atoms with E-state index in [1.165, 1.54) is 27.7 Å². The Morgan fingerprint density at radius 2 is 1.81 bits per heavy atom. The van der Waals surface area contributed by atoms with Crippen molar-refractivity contribution in [1.29, 1.82) is 0 Å². The second-order valence-corrected chi connectivity index (χ2v) is 9.24. The van der Waals surface area contributed by atoms with Crippen molar-refractivity contribution in [1.82, 2.24) is 0 Å². The molecule has 1 aliphatic carbocycles. The number of benzene rings is 1. The molecular formula is C24H27NO11. The average Bonchev–Trinajstić information content (AvgIpc) is 3.10. The Bertz CT molecular complexity index is 1240. The number of aromatic hydroxyl groups is 1. The van der Waals surface area contributed by atoms with Crippen LogP contribution in [0, 0.1) is 6.92 Å². The Labute approximate surface area is 205 Å². The minimum absolute atomic E-state index is 0.0134. The number of carbonyl (C=O) groups excluding carboxylic acids is 3. The standard InChI is InChI=1S/C24H27NO11/c1-7-16(29)15-21(35-12-5-10(28)13(8(2)25)22(33)24(12,15)4)14(9(3)27)20(7)36-23-19(32)18(31)17(30)11(6-26)34-23/h5,11,17-19,23,26,29-32H,6,25H2,1-4H3/t11-,17-,18+,19-,23+,24?/m1/s1. The lowest BCUT2D eigenvalue weighted by Gasteiger charge is -2.40. The van der Waals surface area contributed by atoms with Crippen molar-refractivity contribution >= 4 is 17.3 Å². The van der Waals surface area contributed by atoms with Crippen LogP contribution in [0.5, 0.6) is 17.2 Å². The monoisotopic (exact) mass is 505 g/mol. The van der Waals surface area contributed by atoms with Crippen molar-refractivity contribution in [3.8, 4) is 17.2 Å². The van der Waals surface area contributed by atoms with E-state index in [4.69, 9.17) is 19.9 Å². The smallest absolute Gasteiger partial charge is 0.229 e. The van der Waals surface area contributed by atoms with Crippen LogP contribution < -0.4 is 15.2 Å². The molecule has 2 heterocycles. The molecule has 1 fully saturated rings. The third kappa shape index (κ3) is 3.44. The third-order valence-corrected chi connectivity index (χ3v) is 6.84. The highest BCUT2D eigenvalue weighted by Gasteiger charge is 2.56. The molecule has 0 spiro atoms. The molecule has 0 bridgehead atoms. The quantitative estimate of drug-likeness (QED) is 0.166. The molecule has 36 heavy (non-hydrogen) atoms. The van der Waals surface area contributed by atoms with Gasteiger partial charge in [-0.2, -0.15) is 0 Å². The first-order valence-corrected chi connectivity index (χ1v) is 11.1. The van der Waals surface area contributed by atoms with Crippen molar-refractivity contribution < 1.29 is 54.1 Å². The van der Waals surface area contributed by atoms with E-state index in [2.05, 4.69) is 0 Å². The van der Waals surface area contributed by atoms with Crippen LogP contribution in [0.1, 0.15) is 42.3 Å². The number of nitrogens with two attached hydrogens (primary N) is 1. The molecule has 12 nitrogen and oxygen atoms in total. The molecule has 4 rings (SSSR count). The van der Waals surface area contributed by atoms with E-state index in [9.17, 15) is 39.9 Å². The fourth-order valence-electron chi connectivity index (χ4n) is 4.79. The molecule has 6 atom stereocenters. The summed E-state index contributed by atoms with van der Waals surface area (Å²) in [7, 11) is 0. The van der Waals surface area contributed by atoms with Gasteiger partial charge in [0.25, 0.3) is 0 Å². The topological polar surface area (TPSA) is 206 Å². The maximum Gasteiger partial charge on any atom is 0.229 e. The van der Waals surface area contributed by atoms with Gasteiger partial charge in [-0.15, -0.1) is 0 Å². The van der Waals surface area contributed by atoms with Crippen LogP contribution >= 0.6 is 0 Å². The highest BCUT2D eigenvalue weighted by Crippen LogP contribution is 2.58. The second kappa shape index (κ2) is 8.68. The molecule has 1 saturated heterocycles. The van der Waals surface area contributed by atoms with Gasteiger partial charge >= 0.3 is 0 Å². The molecule has 0 aromatic heterocycles. The van der Waals surface area contributed by atoms with E-state index in [0.29, 0.717) is 0 Å². The number of Topliss-reactive ketones (excluding diaryl/α,β-unsaturated/α-hetero) is 2. The summed E-state index contributed by atoms with van der Waals surface area (Å²) in [6.07, 6.45) is -7.05. The second-order valence-electron chi connectivity index (χ2n) is 9.24. The number of aliphatic hydroxyl groups excluding tert-OH is 4. The summed E-state index contributed by atoms with van der Waals surface area (Å²) >= 11 is 0. The first kappa shape index (κ1) is 25.8. The zero-order chi connectivity index (χ0) is 26.9. The predicted molar refractivity (Wildman–Crippen MR) is 120 cm³/mol. The normalized spacial score (nSPS) is 32.9. The van der Waals surface area contributed by atoms with Gasteiger partial charge in [-0.25, -0.2) is 0 Å². The van der Waals surface area contributed by atoms with Crippen molar-refractivity contribution in [2.75, 3.05) is 6.61 Å². The van der Waals surface area contributed by atoms with Gasteiger partial charge < -0.3 is 45.5 Å². The Kier molecular flexibility index (Phi) is 6.22. The summed E-state index contributed by atoms with van der Waals surface area (Å²) in [6, 6.07) is 0. The Balaban J connectivity index is 1.90. The summed E-state index contributed by atoms with van der Waals surface area (Å²) in [4.78, 5) is 38.8. The molecule has 12 heteroatoms. The van der Waals surface area contributed by atoms with Crippen molar-refractivity contribution in [3.05, 3.63) is 39.8 Å². The summed E-state index contributed by atoms with van der Waals surface area (Å²) in [5, 5.41) is 51.1. The molecule has 0 amide bonds. The SMILES string of the molecule is CC(=O)c1c(O[C@@H]2O[C@H](CO)[C@@H](O)[C@H](O)[C@H]2O)c(C)c(O)c2c1OC1=CC(=O)C(=C(C)N)C(=O)C12C. The van der Waals surface area contributed by atoms with Gasteiger partial charge in [0, 0.05) is 17.3 Å². The molecule has 7 N–H and O–H groups in total. The first-order valence-electron chi connectivity index (χ1n) is 11.1. The molecule has 0 radical (unpaired) electrons. The van der Waals surface area contributed by atoms with Crippen LogP contribution in [-0.4, -0.2) is 80.2 Å². The summed E-state index contributed by atoms with van der Waals surface area (Å²) in [6.45, 7) is 4.69. The highest BCUT2D eigenvalue weighted by molar-refractivity contribution is 6.31. The molecule has 1 aromatic carbocycles. The number of carbonyl (C=O) groups is 3. The molecule has 2 aliphatic heterocycles. The first-order chi connectivity index (χ1) is 16.8. The Hall–Kier alpha value is -3.29.